The molecular weight excluding hydrogens is 306 g/mol. The number of nitrogens with two attached hydrogens (primary N) is 1. The van der Waals surface area contributed by atoms with Crippen LogP contribution in [0.25, 0.3) is 0 Å². The van der Waals surface area contributed by atoms with Crippen LogP contribution in [0.3, 0.4) is 0 Å². The lowest BCUT2D eigenvalue weighted by atomic mass is 10.1. The van der Waals surface area contributed by atoms with Gasteiger partial charge in [0.15, 0.2) is 0 Å². The lowest BCUT2D eigenvalue weighted by Crippen LogP contribution is -2.08. The van der Waals surface area contributed by atoms with E-state index in [2.05, 4.69) is 15.5 Å². The Morgan fingerprint density at radius 1 is 1.38 bits per heavy atom. The predicted octanol–water partition coefficient (Wildman–Crippen LogP) is 3.61. The predicted molar refractivity (Wildman–Crippen MR) is 83.5 cm³/mol. The van der Waals surface area contributed by atoms with Gasteiger partial charge in [0.1, 0.15) is 0 Å². The van der Waals surface area contributed by atoms with Crippen molar-refractivity contribution in [1.82, 2.24) is 20.2 Å². The van der Waals surface area contributed by atoms with E-state index in [1.165, 1.54) is 24.6 Å². The summed E-state index contributed by atoms with van der Waals surface area (Å²) in [7, 11) is 0. The van der Waals surface area contributed by atoms with Gasteiger partial charge in [-0.1, -0.05) is 30.5 Å². The first-order valence-corrected chi connectivity index (χ1v) is 8.35. The average molecular weight is 324 g/mol. The van der Waals surface area contributed by atoms with Crippen molar-refractivity contribution >= 4 is 23.4 Å². The molecule has 0 spiro atoms. The Morgan fingerprint density at radius 3 is 2.81 bits per heavy atom. The van der Waals surface area contributed by atoms with Gasteiger partial charge < -0.3 is 5.73 Å². The quantitative estimate of drug-likeness (QED) is 0.930. The summed E-state index contributed by atoms with van der Waals surface area (Å²) in [6.45, 7) is 1.94. The van der Waals surface area contributed by atoms with E-state index in [9.17, 15) is 0 Å². The van der Waals surface area contributed by atoms with Crippen molar-refractivity contribution in [3.8, 4) is 0 Å². The lowest BCUT2D eigenvalue weighted by Gasteiger charge is -2.12. The van der Waals surface area contributed by atoms with Gasteiger partial charge in [-0.3, -0.25) is 0 Å². The fourth-order valence-corrected chi connectivity index (χ4v) is 3.76. The molecule has 1 aliphatic carbocycles. The fourth-order valence-electron chi connectivity index (χ4n) is 2.61. The molecule has 2 aromatic rings. The molecule has 1 fully saturated rings. The van der Waals surface area contributed by atoms with E-state index in [0.717, 1.165) is 28.5 Å². The van der Waals surface area contributed by atoms with Crippen LogP contribution in [0.2, 0.25) is 5.02 Å². The van der Waals surface area contributed by atoms with Gasteiger partial charge in [-0.25, -0.2) is 4.68 Å². The van der Waals surface area contributed by atoms with Crippen LogP contribution in [-0.4, -0.2) is 20.2 Å². The molecule has 0 radical (unpaired) electrons. The number of halogens is 1. The van der Waals surface area contributed by atoms with E-state index in [-0.39, 0.29) is 6.04 Å². The summed E-state index contributed by atoms with van der Waals surface area (Å²) in [4.78, 5) is 0.954. The zero-order chi connectivity index (χ0) is 14.8. The van der Waals surface area contributed by atoms with Crippen molar-refractivity contribution in [3.05, 3.63) is 28.8 Å². The highest BCUT2D eigenvalue weighted by Crippen LogP contribution is 2.36. The smallest absolute Gasteiger partial charge is 0.214 e. The van der Waals surface area contributed by atoms with Gasteiger partial charge in [-0.15, -0.1) is 5.10 Å². The maximum absolute atomic E-state index is 6.35. The number of hydrogen-bond acceptors (Lipinski definition) is 5. The molecule has 7 heteroatoms. The molecule has 1 aromatic carbocycles. The van der Waals surface area contributed by atoms with Gasteiger partial charge in [-0.05, 0) is 59.7 Å². The molecule has 112 valence electrons. The molecular formula is C14H18ClN5S. The molecule has 5 nitrogen and oxygen atoms in total. The van der Waals surface area contributed by atoms with Gasteiger partial charge >= 0.3 is 0 Å². The summed E-state index contributed by atoms with van der Waals surface area (Å²) < 4.78 is 1.94. The summed E-state index contributed by atoms with van der Waals surface area (Å²) >= 11 is 7.86. The van der Waals surface area contributed by atoms with Crippen LogP contribution < -0.4 is 5.73 Å². The van der Waals surface area contributed by atoms with Crippen molar-refractivity contribution in [2.24, 2.45) is 5.73 Å². The molecule has 21 heavy (non-hydrogen) atoms. The van der Waals surface area contributed by atoms with E-state index >= 15 is 0 Å². The third-order valence-corrected chi connectivity index (χ3v) is 5.27. The van der Waals surface area contributed by atoms with E-state index < -0.39 is 0 Å². The maximum Gasteiger partial charge on any atom is 0.214 e. The second-order valence-electron chi connectivity index (χ2n) is 5.42. The minimum Gasteiger partial charge on any atom is -0.324 e. The fraction of sp³-hybridized carbons (Fsp3) is 0.500. The summed E-state index contributed by atoms with van der Waals surface area (Å²) in [5.74, 6) is 0. The van der Waals surface area contributed by atoms with Gasteiger partial charge in [-0.2, -0.15) is 0 Å². The van der Waals surface area contributed by atoms with Crippen molar-refractivity contribution in [2.45, 2.75) is 54.7 Å². The van der Waals surface area contributed by atoms with Crippen LogP contribution in [0.4, 0.5) is 0 Å². The molecule has 2 N–H and O–H groups in total. The third-order valence-electron chi connectivity index (χ3n) is 3.82. The monoisotopic (exact) mass is 323 g/mol. The molecule has 1 aromatic heterocycles. The molecule has 0 saturated heterocycles. The zero-order valence-electron chi connectivity index (χ0n) is 11.9. The molecule has 1 atom stereocenters. The van der Waals surface area contributed by atoms with Crippen LogP contribution in [-0.2, 0) is 0 Å². The number of hydrogen-bond donors (Lipinski definition) is 1. The molecule has 1 saturated carbocycles. The second kappa shape index (κ2) is 6.34. The molecule has 0 amide bonds. The summed E-state index contributed by atoms with van der Waals surface area (Å²) in [6, 6.07) is 6.30. The minimum atomic E-state index is -0.0228. The van der Waals surface area contributed by atoms with Crippen LogP contribution in [0.15, 0.2) is 28.3 Å². The first-order valence-electron chi connectivity index (χ1n) is 7.16. The van der Waals surface area contributed by atoms with E-state index in [1.54, 1.807) is 0 Å². The number of nitrogens with zero attached hydrogens (tertiary/aromatic N) is 4. The molecule has 1 aliphatic rings. The van der Waals surface area contributed by atoms with Crippen LogP contribution in [0, 0.1) is 0 Å². The topological polar surface area (TPSA) is 69.6 Å². The van der Waals surface area contributed by atoms with Crippen LogP contribution in [0.1, 0.15) is 50.3 Å². The summed E-state index contributed by atoms with van der Waals surface area (Å²) in [6.07, 6.45) is 4.79. The largest absolute Gasteiger partial charge is 0.324 e. The molecule has 1 heterocycles. The Balaban J connectivity index is 1.82. The highest BCUT2D eigenvalue weighted by atomic mass is 35.5. The van der Waals surface area contributed by atoms with Crippen molar-refractivity contribution in [3.63, 3.8) is 0 Å². The zero-order valence-corrected chi connectivity index (χ0v) is 13.4. The van der Waals surface area contributed by atoms with Crippen LogP contribution >= 0.6 is 23.4 Å². The van der Waals surface area contributed by atoms with E-state index in [1.807, 2.05) is 29.8 Å². The SMILES string of the molecule is C[C@@H](N)c1ccc(Sc2nnnn2C2CCCC2)c(Cl)c1. The first-order chi connectivity index (χ1) is 10.1. The standard InChI is InChI=1S/C14H18ClN5S/c1-9(16)10-6-7-13(12(15)8-10)21-14-17-18-19-20(14)11-4-2-3-5-11/h6-9,11H,2-5,16H2,1H3/t9-/m1/s1. The van der Waals surface area contributed by atoms with Crippen LogP contribution in [0.5, 0.6) is 0 Å². The van der Waals surface area contributed by atoms with Gasteiger partial charge in [0.25, 0.3) is 0 Å². The van der Waals surface area contributed by atoms with Gasteiger partial charge in [0, 0.05) is 10.9 Å². The number of rotatable bonds is 4. The third kappa shape index (κ3) is 3.22. The Kier molecular flexibility index (Phi) is 4.47. The summed E-state index contributed by atoms with van der Waals surface area (Å²) in [5.41, 5.74) is 6.90. The number of tetrazole rings is 1. The van der Waals surface area contributed by atoms with E-state index in [4.69, 9.17) is 17.3 Å². The minimum absolute atomic E-state index is 0.0228. The number of aromatic nitrogens is 4. The Morgan fingerprint density at radius 2 is 2.14 bits per heavy atom. The Bertz CT molecular complexity index is 622. The van der Waals surface area contributed by atoms with Gasteiger partial charge in [0.05, 0.1) is 11.1 Å². The lowest BCUT2D eigenvalue weighted by molar-refractivity contribution is 0.423. The van der Waals surface area contributed by atoms with Gasteiger partial charge in [0.2, 0.25) is 5.16 Å². The first kappa shape index (κ1) is 14.8. The van der Waals surface area contributed by atoms with E-state index in [0.29, 0.717) is 11.1 Å². The number of benzene rings is 1. The molecule has 3 rings (SSSR count). The Labute approximate surface area is 133 Å². The molecule has 0 bridgehead atoms. The normalized spacial score (nSPS) is 17.3. The molecule has 0 unspecified atom stereocenters. The second-order valence-corrected chi connectivity index (χ2v) is 6.84. The highest BCUT2D eigenvalue weighted by Gasteiger charge is 2.22. The van der Waals surface area contributed by atoms with Crippen molar-refractivity contribution in [2.75, 3.05) is 0 Å². The van der Waals surface area contributed by atoms with Crippen molar-refractivity contribution in [1.29, 1.82) is 0 Å². The molecule has 0 aliphatic heterocycles. The highest BCUT2D eigenvalue weighted by molar-refractivity contribution is 7.99. The average Bonchev–Trinajstić information content (AvgIpc) is 3.11. The van der Waals surface area contributed by atoms with Crippen molar-refractivity contribution < 1.29 is 0 Å². The maximum atomic E-state index is 6.35. The Hall–Kier alpha value is -1.11. The summed E-state index contributed by atoms with van der Waals surface area (Å²) in [5, 5.41) is 13.6.